The van der Waals surface area contributed by atoms with E-state index in [2.05, 4.69) is 5.32 Å². The van der Waals surface area contributed by atoms with Crippen LogP contribution in [0.3, 0.4) is 0 Å². The van der Waals surface area contributed by atoms with Crippen molar-refractivity contribution >= 4 is 0 Å². The van der Waals surface area contributed by atoms with E-state index in [-0.39, 0.29) is 18.0 Å². The molecule has 1 saturated heterocycles. The molecule has 2 rings (SSSR count). The molecule has 0 aliphatic carbocycles. The van der Waals surface area contributed by atoms with Gasteiger partial charge in [0.15, 0.2) is 0 Å². The average Bonchev–Trinajstić information content (AvgIpc) is 2.67. The predicted molar refractivity (Wildman–Crippen MR) is 57.2 cm³/mol. The molecule has 3 heteroatoms. The standard InChI is InChI=1S/C12H16FNO/c13-11-4-1-3-10(7-11)8-12(9-15)5-2-6-14-12/h1,3-4,7,14-15H,2,5-6,8-9H2. The van der Waals surface area contributed by atoms with E-state index in [1.807, 2.05) is 6.07 Å². The normalized spacial score (nSPS) is 25.7. The molecule has 1 unspecified atom stereocenters. The van der Waals surface area contributed by atoms with E-state index < -0.39 is 0 Å². The zero-order valence-corrected chi connectivity index (χ0v) is 8.67. The Morgan fingerprint density at radius 2 is 2.33 bits per heavy atom. The number of benzene rings is 1. The largest absolute Gasteiger partial charge is 0.394 e. The molecule has 0 amide bonds. The lowest BCUT2D eigenvalue weighted by molar-refractivity contribution is 0.177. The highest BCUT2D eigenvalue weighted by Crippen LogP contribution is 2.23. The molecule has 15 heavy (non-hydrogen) atoms. The van der Waals surface area contributed by atoms with E-state index in [4.69, 9.17) is 0 Å². The van der Waals surface area contributed by atoms with Crippen LogP contribution >= 0.6 is 0 Å². The molecule has 1 aliphatic heterocycles. The number of aliphatic hydroxyl groups excluding tert-OH is 1. The summed E-state index contributed by atoms with van der Waals surface area (Å²) in [5.74, 6) is -0.210. The second kappa shape index (κ2) is 4.29. The van der Waals surface area contributed by atoms with Gasteiger partial charge in [-0.3, -0.25) is 0 Å². The van der Waals surface area contributed by atoms with Crippen molar-refractivity contribution in [1.29, 1.82) is 0 Å². The number of nitrogens with one attached hydrogen (secondary N) is 1. The summed E-state index contributed by atoms with van der Waals surface area (Å²) in [7, 11) is 0. The lowest BCUT2D eigenvalue weighted by atomic mass is 9.90. The molecule has 1 aromatic rings. The van der Waals surface area contributed by atoms with Crippen LogP contribution in [0.5, 0.6) is 0 Å². The van der Waals surface area contributed by atoms with Gasteiger partial charge in [0.25, 0.3) is 0 Å². The minimum atomic E-state index is -0.228. The quantitative estimate of drug-likeness (QED) is 0.790. The van der Waals surface area contributed by atoms with Crippen LogP contribution < -0.4 is 5.32 Å². The maximum absolute atomic E-state index is 13.0. The van der Waals surface area contributed by atoms with Crippen molar-refractivity contribution in [3.8, 4) is 0 Å². The minimum absolute atomic E-state index is 0.115. The molecule has 0 bridgehead atoms. The molecule has 0 aromatic heterocycles. The van der Waals surface area contributed by atoms with Crippen LogP contribution in [-0.4, -0.2) is 23.8 Å². The van der Waals surface area contributed by atoms with Gasteiger partial charge < -0.3 is 10.4 Å². The van der Waals surface area contributed by atoms with E-state index in [9.17, 15) is 9.50 Å². The van der Waals surface area contributed by atoms with Crippen molar-refractivity contribution in [3.05, 3.63) is 35.6 Å². The third-order valence-electron chi connectivity index (χ3n) is 3.07. The van der Waals surface area contributed by atoms with Gasteiger partial charge in [0.2, 0.25) is 0 Å². The first-order chi connectivity index (χ1) is 7.24. The van der Waals surface area contributed by atoms with Crippen LogP contribution in [0.1, 0.15) is 18.4 Å². The summed E-state index contributed by atoms with van der Waals surface area (Å²) in [5.41, 5.74) is 0.715. The van der Waals surface area contributed by atoms with Crippen LogP contribution in [0.2, 0.25) is 0 Å². The van der Waals surface area contributed by atoms with Gasteiger partial charge in [-0.25, -0.2) is 4.39 Å². The molecule has 1 fully saturated rings. The highest BCUT2D eigenvalue weighted by molar-refractivity contribution is 5.20. The van der Waals surface area contributed by atoms with E-state index in [0.29, 0.717) is 6.42 Å². The third kappa shape index (κ3) is 2.36. The van der Waals surface area contributed by atoms with E-state index in [0.717, 1.165) is 24.9 Å². The van der Waals surface area contributed by atoms with Gasteiger partial charge in [0.1, 0.15) is 5.82 Å². The Labute approximate surface area is 89.1 Å². The minimum Gasteiger partial charge on any atom is -0.394 e. The lowest BCUT2D eigenvalue weighted by Gasteiger charge is -2.27. The van der Waals surface area contributed by atoms with E-state index in [1.165, 1.54) is 12.1 Å². The first-order valence-electron chi connectivity index (χ1n) is 5.34. The Morgan fingerprint density at radius 1 is 1.47 bits per heavy atom. The van der Waals surface area contributed by atoms with Crippen LogP contribution in [0.15, 0.2) is 24.3 Å². The van der Waals surface area contributed by atoms with Crippen LogP contribution in [0, 0.1) is 5.82 Å². The van der Waals surface area contributed by atoms with Gasteiger partial charge in [-0.2, -0.15) is 0 Å². The topological polar surface area (TPSA) is 32.3 Å². The van der Waals surface area contributed by atoms with Crippen molar-refractivity contribution < 1.29 is 9.50 Å². The van der Waals surface area contributed by atoms with Crippen molar-refractivity contribution in [2.45, 2.75) is 24.8 Å². The summed E-state index contributed by atoms with van der Waals surface area (Å²) in [4.78, 5) is 0. The van der Waals surface area contributed by atoms with Crippen molar-refractivity contribution in [2.24, 2.45) is 0 Å². The van der Waals surface area contributed by atoms with Crippen LogP contribution in [-0.2, 0) is 6.42 Å². The molecule has 2 N–H and O–H groups in total. The summed E-state index contributed by atoms with van der Waals surface area (Å²) < 4.78 is 13.0. The molecular weight excluding hydrogens is 193 g/mol. The fourth-order valence-electron chi connectivity index (χ4n) is 2.25. The van der Waals surface area contributed by atoms with Gasteiger partial charge in [-0.1, -0.05) is 12.1 Å². The van der Waals surface area contributed by atoms with E-state index in [1.54, 1.807) is 6.07 Å². The first-order valence-corrected chi connectivity index (χ1v) is 5.34. The highest BCUT2D eigenvalue weighted by atomic mass is 19.1. The summed E-state index contributed by atoms with van der Waals surface area (Å²) in [6.45, 7) is 1.05. The second-order valence-electron chi connectivity index (χ2n) is 4.28. The van der Waals surface area contributed by atoms with Gasteiger partial charge >= 0.3 is 0 Å². The molecule has 82 valence electrons. The smallest absolute Gasteiger partial charge is 0.123 e. The van der Waals surface area contributed by atoms with Crippen molar-refractivity contribution in [3.63, 3.8) is 0 Å². The number of aliphatic hydroxyl groups is 1. The molecular formula is C12H16FNO. The van der Waals surface area contributed by atoms with Crippen molar-refractivity contribution in [1.82, 2.24) is 5.32 Å². The van der Waals surface area contributed by atoms with Crippen LogP contribution in [0.25, 0.3) is 0 Å². The van der Waals surface area contributed by atoms with Crippen LogP contribution in [0.4, 0.5) is 4.39 Å². The van der Waals surface area contributed by atoms with E-state index >= 15 is 0 Å². The maximum Gasteiger partial charge on any atom is 0.123 e. The lowest BCUT2D eigenvalue weighted by Crippen LogP contribution is -2.45. The number of halogens is 1. The Morgan fingerprint density at radius 3 is 2.93 bits per heavy atom. The first kappa shape index (κ1) is 10.6. The van der Waals surface area contributed by atoms with Crippen molar-refractivity contribution in [2.75, 3.05) is 13.2 Å². The molecule has 1 aromatic carbocycles. The fraction of sp³-hybridized carbons (Fsp3) is 0.500. The van der Waals surface area contributed by atoms with Gasteiger partial charge in [0.05, 0.1) is 6.61 Å². The zero-order valence-electron chi connectivity index (χ0n) is 8.67. The molecule has 1 aliphatic rings. The van der Waals surface area contributed by atoms with Gasteiger partial charge in [-0.15, -0.1) is 0 Å². The number of hydrogen-bond donors (Lipinski definition) is 2. The highest BCUT2D eigenvalue weighted by Gasteiger charge is 2.32. The molecule has 0 spiro atoms. The Hall–Kier alpha value is -0.930. The summed E-state index contributed by atoms with van der Waals surface area (Å²) in [6, 6.07) is 6.60. The number of hydrogen-bond acceptors (Lipinski definition) is 2. The third-order valence-corrected chi connectivity index (χ3v) is 3.07. The molecule has 0 saturated carbocycles. The Kier molecular flexibility index (Phi) is 3.03. The molecule has 1 atom stereocenters. The summed E-state index contributed by atoms with van der Waals surface area (Å²) in [5, 5.41) is 12.7. The zero-order chi connectivity index (χ0) is 10.7. The molecule has 0 radical (unpaired) electrons. The summed E-state index contributed by atoms with van der Waals surface area (Å²) in [6.07, 6.45) is 2.73. The predicted octanol–water partition coefficient (Wildman–Crippen LogP) is 1.48. The second-order valence-corrected chi connectivity index (χ2v) is 4.28. The average molecular weight is 209 g/mol. The fourth-order valence-corrected chi connectivity index (χ4v) is 2.25. The van der Waals surface area contributed by atoms with Gasteiger partial charge in [0, 0.05) is 5.54 Å². The Bertz CT molecular complexity index is 334. The monoisotopic (exact) mass is 209 g/mol. The Balaban J connectivity index is 2.12. The SMILES string of the molecule is OCC1(Cc2cccc(F)c2)CCCN1. The number of rotatable bonds is 3. The maximum atomic E-state index is 13.0. The van der Waals surface area contributed by atoms with Gasteiger partial charge in [-0.05, 0) is 43.5 Å². The summed E-state index contributed by atoms with van der Waals surface area (Å²) >= 11 is 0. The molecule has 1 heterocycles. The molecule has 2 nitrogen and oxygen atoms in total.